The number of nitrogens with zero attached hydrogens (tertiary/aromatic N) is 1. The number of ether oxygens (including phenoxy) is 3. The highest BCUT2D eigenvalue weighted by molar-refractivity contribution is 7.10. The number of rotatable bonds is 6. The molecule has 2 heterocycles. The van der Waals surface area contributed by atoms with Crippen molar-refractivity contribution in [3.63, 3.8) is 0 Å². The Kier molecular flexibility index (Phi) is 6.16. The summed E-state index contributed by atoms with van der Waals surface area (Å²) in [4.78, 5) is 16.1. The van der Waals surface area contributed by atoms with Gasteiger partial charge in [0.2, 0.25) is 0 Å². The van der Waals surface area contributed by atoms with E-state index in [9.17, 15) is 4.79 Å². The molecule has 1 amide bonds. The predicted octanol–water partition coefficient (Wildman–Crippen LogP) is 4.97. The van der Waals surface area contributed by atoms with Crippen LogP contribution in [0.15, 0.2) is 53.9 Å². The number of hydrogen-bond donors (Lipinski definition) is 0. The van der Waals surface area contributed by atoms with Gasteiger partial charge in [-0.2, -0.15) is 0 Å². The molecule has 0 bridgehead atoms. The van der Waals surface area contributed by atoms with E-state index < -0.39 is 0 Å². The molecule has 0 N–H and O–H groups in total. The Hall–Kier alpha value is -2.70. The highest BCUT2D eigenvalue weighted by Crippen LogP contribution is 2.42. The highest BCUT2D eigenvalue weighted by atomic mass is 35.5. The van der Waals surface area contributed by atoms with Gasteiger partial charge in [0, 0.05) is 16.4 Å². The van der Waals surface area contributed by atoms with Crippen LogP contribution in [-0.2, 0) is 11.2 Å². The molecule has 7 heteroatoms. The smallest absolute Gasteiger partial charge is 0.261 e. The fourth-order valence-electron chi connectivity index (χ4n) is 3.73. The Balaban J connectivity index is 1.63. The fourth-order valence-corrected chi connectivity index (χ4v) is 4.71. The number of amides is 1. The lowest BCUT2D eigenvalue weighted by Gasteiger charge is -2.37. The van der Waals surface area contributed by atoms with Crippen LogP contribution in [0.5, 0.6) is 17.2 Å². The van der Waals surface area contributed by atoms with E-state index in [4.69, 9.17) is 25.8 Å². The van der Waals surface area contributed by atoms with Gasteiger partial charge in [-0.25, -0.2) is 0 Å². The normalized spacial score (nSPS) is 15.4. The molecule has 1 aliphatic rings. The second kappa shape index (κ2) is 8.98. The minimum absolute atomic E-state index is 0.0356. The predicted molar refractivity (Wildman–Crippen MR) is 118 cm³/mol. The van der Waals surface area contributed by atoms with Gasteiger partial charge in [0.25, 0.3) is 5.91 Å². The molecule has 0 aliphatic carbocycles. The van der Waals surface area contributed by atoms with Crippen molar-refractivity contribution in [3.8, 4) is 17.2 Å². The lowest BCUT2D eigenvalue weighted by molar-refractivity contribution is -0.135. The van der Waals surface area contributed by atoms with E-state index in [0.29, 0.717) is 28.8 Å². The summed E-state index contributed by atoms with van der Waals surface area (Å²) in [6.45, 7) is 0.569. The molecule has 156 valence electrons. The van der Waals surface area contributed by atoms with E-state index in [2.05, 4.69) is 6.07 Å². The van der Waals surface area contributed by atoms with E-state index in [0.717, 1.165) is 22.4 Å². The van der Waals surface area contributed by atoms with Crippen molar-refractivity contribution < 1.29 is 19.0 Å². The maximum Gasteiger partial charge on any atom is 0.261 e. The number of carbonyl (C=O) groups is 1. The van der Waals surface area contributed by atoms with Crippen molar-refractivity contribution in [1.82, 2.24) is 4.90 Å². The maximum atomic E-state index is 13.2. The molecule has 5 nitrogen and oxygen atoms in total. The van der Waals surface area contributed by atoms with Gasteiger partial charge in [0.05, 0.1) is 20.3 Å². The summed E-state index contributed by atoms with van der Waals surface area (Å²) in [7, 11) is 3.25. The van der Waals surface area contributed by atoms with Crippen molar-refractivity contribution in [2.75, 3.05) is 27.4 Å². The number of thiophene rings is 1. The summed E-state index contributed by atoms with van der Waals surface area (Å²) in [6, 6.07) is 14.9. The van der Waals surface area contributed by atoms with Crippen LogP contribution in [-0.4, -0.2) is 38.2 Å². The molecule has 2 aromatic carbocycles. The van der Waals surface area contributed by atoms with Crippen LogP contribution in [0, 0.1) is 0 Å². The van der Waals surface area contributed by atoms with Gasteiger partial charge in [0.1, 0.15) is 5.75 Å². The molecule has 0 radical (unpaired) electrons. The number of hydrogen-bond acceptors (Lipinski definition) is 5. The standard InChI is InChI=1S/C23H22ClNO4S/c1-27-19-12-15-9-10-25(22(26)14-29-17-7-5-16(24)6-8-17)23(21-4-3-11-30-21)18(15)13-20(19)28-2/h3-8,11-13,23H,9-10,14H2,1-2H3. The molecule has 0 saturated heterocycles. The second-order valence-electron chi connectivity index (χ2n) is 6.90. The molecule has 1 aliphatic heterocycles. The minimum Gasteiger partial charge on any atom is -0.493 e. The minimum atomic E-state index is -0.185. The SMILES string of the molecule is COc1cc2c(cc1OC)C(c1cccs1)N(C(=O)COc1ccc(Cl)cc1)CC2. The molecule has 3 aromatic rings. The summed E-state index contributed by atoms with van der Waals surface area (Å²) in [5, 5.41) is 2.65. The van der Waals surface area contributed by atoms with Crippen molar-refractivity contribution in [3.05, 3.63) is 74.9 Å². The van der Waals surface area contributed by atoms with Crippen LogP contribution in [0.1, 0.15) is 22.0 Å². The summed E-state index contributed by atoms with van der Waals surface area (Å²) in [5.41, 5.74) is 2.22. The second-order valence-corrected chi connectivity index (χ2v) is 8.32. The van der Waals surface area contributed by atoms with E-state index >= 15 is 0 Å². The quantitative estimate of drug-likeness (QED) is 0.539. The number of halogens is 1. The van der Waals surface area contributed by atoms with Gasteiger partial charge in [-0.15, -0.1) is 11.3 Å². The molecule has 1 unspecified atom stereocenters. The van der Waals surface area contributed by atoms with Crippen LogP contribution in [0.2, 0.25) is 5.02 Å². The first-order valence-corrected chi connectivity index (χ1v) is 10.8. The zero-order valence-electron chi connectivity index (χ0n) is 16.8. The largest absolute Gasteiger partial charge is 0.493 e. The lowest BCUT2D eigenvalue weighted by Crippen LogP contribution is -2.42. The van der Waals surface area contributed by atoms with Gasteiger partial charge >= 0.3 is 0 Å². The fraction of sp³-hybridized carbons (Fsp3) is 0.261. The molecule has 4 rings (SSSR count). The van der Waals surface area contributed by atoms with Gasteiger partial charge in [-0.1, -0.05) is 17.7 Å². The zero-order valence-corrected chi connectivity index (χ0v) is 18.3. The van der Waals surface area contributed by atoms with E-state index in [1.54, 1.807) is 49.8 Å². The third-order valence-electron chi connectivity index (χ3n) is 5.18. The Morgan fingerprint density at radius 1 is 1.13 bits per heavy atom. The van der Waals surface area contributed by atoms with Crippen LogP contribution in [0.3, 0.4) is 0 Å². The molecule has 30 heavy (non-hydrogen) atoms. The summed E-state index contributed by atoms with van der Waals surface area (Å²) >= 11 is 7.55. The Labute approximate surface area is 184 Å². The molecule has 1 atom stereocenters. The average Bonchev–Trinajstić information content (AvgIpc) is 3.31. The van der Waals surface area contributed by atoms with Crippen LogP contribution < -0.4 is 14.2 Å². The van der Waals surface area contributed by atoms with E-state index in [1.165, 1.54) is 0 Å². The lowest BCUT2D eigenvalue weighted by atomic mass is 9.90. The monoisotopic (exact) mass is 443 g/mol. The van der Waals surface area contributed by atoms with Crippen LogP contribution in [0.25, 0.3) is 0 Å². The topological polar surface area (TPSA) is 48.0 Å². The number of methoxy groups -OCH3 is 2. The molecular formula is C23H22ClNO4S. The highest BCUT2D eigenvalue weighted by Gasteiger charge is 2.34. The van der Waals surface area contributed by atoms with Crippen molar-refractivity contribution >= 4 is 28.8 Å². The summed E-state index contributed by atoms with van der Waals surface area (Å²) in [5.74, 6) is 1.91. The van der Waals surface area contributed by atoms with Gasteiger partial charge in [-0.3, -0.25) is 4.79 Å². The number of carbonyl (C=O) groups excluding carboxylic acids is 1. The molecular weight excluding hydrogens is 422 g/mol. The Morgan fingerprint density at radius 2 is 1.87 bits per heavy atom. The average molecular weight is 444 g/mol. The first kappa shape index (κ1) is 20.6. The first-order chi connectivity index (χ1) is 14.6. The number of benzene rings is 2. The van der Waals surface area contributed by atoms with E-state index in [-0.39, 0.29) is 18.6 Å². The third kappa shape index (κ3) is 4.11. The number of fused-ring (bicyclic) bond motifs is 1. The summed E-state index contributed by atoms with van der Waals surface area (Å²) in [6.07, 6.45) is 0.740. The zero-order chi connectivity index (χ0) is 21.1. The third-order valence-corrected chi connectivity index (χ3v) is 6.36. The van der Waals surface area contributed by atoms with Gasteiger partial charge in [-0.05, 0) is 65.4 Å². The van der Waals surface area contributed by atoms with Crippen molar-refractivity contribution in [1.29, 1.82) is 0 Å². The first-order valence-electron chi connectivity index (χ1n) is 9.56. The van der Waals surface area contributed by atoms with Crippen LogP contribution in [0.4, 0.5) is 0 Å². The van der Waals surface area contributed by atoms with Crippen LogP contribution >= 0.6 is 22.9 Å². The Bertz CT molecular complexity index is 1020. The van der Waals surface area contributed by atoms with Crippen molar-refractivity contribution in [2.45, 2.75) is 12.5 Å². The molecule has 1 aromatic heterocycles. The van der Waals surface area contributed by atoms with E-state index in [1.807, 2.05) is 28.5 Å². The van der Waals surface area contributed by atoms with Gasteiger partial charge in [0.15, 0.2) is 18.1 Å². The maximum absolute atomic E-state index is 13.2. The summed E-state index contributed by atoms with van der Waals surface area (Å²) < 4.78 is 16.7. The van der Waals surface area contributed by atoms with Crippen molar-refractivity contribution in [2.24, 2.45) is 0 Å². The molecule has 0 spiro atoms. The Morgan fingerprint density at radius 3 is 2.53 bits per heavy atom. The van der Waals surface area contributed by atoms with Gasteiger partial charge < -0.3 is 19.1 Å². The molecule has 0 saturated carbocycles. The molecule has 0 fully saturated rings.